The second-order valence-corrected chi connectivity index (χ2v) is 4.35. The van der Waals surface area contributed by atoms with Gasteiger partial charge in [0.05, 0.1) is 23.7 Å². The minimum absolute atomic E-state index is 0.352. The summed E-state index contributed by atoms with van der Waals surface area (Å²) < 4.78 is 6.81. The Morgan fingerprint density at radius 2 is 2.22 bits per heavy atom. The smallest absolute Gasteiger partial charge is 0.335 e. The molecule has 2 aromatic rings. The molecule has 0 bridgehead atoms. The van der Waals surface area contributed by atoms with Crippen molar-refractivity contribution in [2.24, 2.45) is 0 Å². The van der Waals surface area contributed by atoms with Crippen molar-refractivity contribution < 1.29 is 9.53 Å². The highest BCUT2D eigenvalue weighted by Crippen LogP contribution is 2.24. The van der Waals surface area contributed by atoms with Crippen LogP contribution in [0.25, 0.3) is 10.9 Å². The van der Waals surface area contributed by atoms with Crippen LogP contribution in [0.1, 0.15) is 6.92 Å². The van der Waals surface area contributed by atoms with Gasteiger partial charge in [-0.1, -0.05) is 30.3 Å². The first-order valence-corrected chi connectivity index (χ1v) is 6.09. The van der Waals surface area contributed by atoms with Gasteiger partial charge in [0, 0.05) is 17.2 Å². The molecule has 4 heteroatoms. The molecule has 0 aliphatic heterocycles. The number of ether oxygens (including phenoxy) is 1. The van der Waals surface area contributed by atoms with Gasteiger partial charge in [-0.3, -0.25) is 0 Å². The van der Waals surface area contributed by atoms with Crippen LogP contribution in [0.4, 0.5) is 0 Å². The molecule has 3 nitrogen and oxygen atoms in total. The molecular weight excluding hydrogens is 250 g/mol. The maximum Gasteiger partial charge on any atom is 0.335 e. The summed E-state index contributed by atoms with van der Waals surface area (Å²) in [5.74, 6) is -0.369. The number of carbonyl (C=O) groups is 1. The molecule has 1 heterocycles. The van der Waals surface area contributed by atoms with Crippen molar-refractivity contribution in [2.45, 2.75) is 13.5 Å². The molecule has 0 aliphatic rings. The summed E-state index contributed by atoms with van der Waals surface area (Å²) >= 11 is 6.16. The van der Waals surface area contributed by atoms with Crippen molar-refractivity contribution in [3.8, 4) is 0 Å². The lowest BCUT2D eigenvalue weighted by Crippen LogP contribution is -2.11. The van der Waals surface area contributed by atoms with Crippen molar-refractivity contribution in [2.75, 3.05) is 6.61 Å². The molecule has 0 amide bonds. The topological polar surface area (TPSA) is 31.2 Å². The lowest BCUT2D eigenvalue weighted by molar-refractivity contribution is -0.138. The van der Waals surface area contributed by atoms with Crippen LogP contribution in [0, 0.1) is 0 Å². The fourth-order valence-corrected chi connectivity index (χ4v) is 2.14. The highest BCUT2D eigenvalue weighted by molar-refractivity contribution is 6.35. The Kier molecular flexibility index (Phi) is 3.72. The largest absolute Gasteiger partial charge is 0.463 e. The van der Waals surface area contributed by atoms with Gasteiger partial charge in [-0.15, -0.1) is 0 Å². The third-order valence-electron chi connectivity index (χ3n) is 2.66. The number of fused-ring (bicyclic) bond motifs is 1. The second-order valence-electron chi connectivity index (χ2n) is 3.95. The van der Waals surface area contributed by atoms with E-state index in [9.17, 15) is 4.79 Å². The SMILES string of the molecule is C=C(Cn1ccc2cccc(Cl)c21)C(=O)OCC. The summed E-state index contributed by atoms with van der Waals surface area (Å²) in [7, 11) is 0. The maximum absolute atomic E-state index is 11.5. The predicted molar refractivity (Wildman–Crippen MR) is 72.7 cm³/mol. The Bertz CT molecular complexity index is 601. The summed E-state index contributed by atoms with van der Waals surface area (Å²) in [6.07, 6.45) is 1.89. The van der Waals surface area contributed by atoms with Crippen molar-refractivity contribution >= 4 is 28.5 Å². The minimum Gasteiger partial charge on any atom is -0.463 e. The molecule has 1 aromatic carbocycles. The molecule has 0 fully saturated rings. The fourth-order valence-electron chi connectivity index (χ4n) is 1.85. The average Bonchev–Trinajstić information content (AvgIpc) is 2.74. The molecule has 1 aromatic heterocycles. The lowest BCUT2D eigenvalue weighted by Gasteiger charge is -2.08. The van der Waals surface area contributed by atoms with E-state index >= 15 is 0 Å². The first-order chi connectivity index (χ1) is 8.63. The van der Waals surface area contributed by atoms with Crippen molar-refractivity contribution in [3.05, 3.63) is 47.6 Å². The van der Waals surface area contributed by atoms with Gasteiger partial charge in [0.2, 0.25) is 0 Å². The van der Waals surface area contributed by atoms with E-state index in [1.165, 1.54) is 0 Å². The molecule has 0 spiro atoms. The highest BCUT2D eigenvalue weighted by atomic mass is 35.5. The van der Waals surface area contributed by atoms with E-state index in [0.29, 0.717) is 23.7 Å². The number of hydrogen-bond acceptors (Lipinski definition) is 2. The van der Waals surface area contributed by atoms with Gasteiger partial charge in [0.1, 0.15) is 0 Å². The number of nitrogens with zero attached hydrogens (tertiary/aromatic N) is 1. The van der Waals surface area contributed by atoms with Crippen LogP contribution < -0.4 is 0 Å². The van der Waals surface area contributed by atoms with Crippen LogP contribution in [-0.4, -0.2) is 17.1 Å². The zero-order valence-electron chi connectivity index (χ0n) is 10.1. The van der Waals surface area contributed by atoms with Gasteiger partial charge in [0.15, 0.2) is 0 Å². The third kappa shape index (κ3) is 2.41. The number of rotatable bonds is 4. The zero-order valence-corrected chi connectivity index (χ0v) is 10.9. The molecule has 0 radical (unpaired) electrons. The van der Waals surface area contributed by atoms with Gasteiger partial charge in [0.25, 0.3) is 0 Å². The molecule has 0 unspecified atom stereocenters. The van der Waals surface area contributed by atoms with Crippen LogP contribution in [0.15, 0.2) is 42.6 Å². The van der Waals surface area contributed by atoms with Gasteiger partial charge in [-0.25, -0.2) is 4.79 Å². The summed E-state index contributed by atoms with van der Waals surface area (Å²) in [6.45, 7) is 6.25. The number of hydrogen-bond donors (Lipinski definition) is 0. The lowest BCUT2D eigenvalue weighted by atomic mass is 10.2. The van der Waals surface area contributed by atoms with Crippen molar-refractivity contribution in [1.82, 2.24) is 4.57 Å². The van der Waals surface area contributed by atoms with Crippen LogP contribution in [0.5, 0.6) is 0 Å². The van der Waals surface area contributed by atoms with E-state index in [2.05, 4.69) is 6.58 Å². The molecule has 94 valence electrons. The average molecular weight is 264 g/mol. The maximum atomic E-state index is 11.5. The number of para-hydroxylation sites is 1. The van der Waals surface area contributed by atoms with Gasteiger partial charge < -0.3 is 9.30 Å². The molecule has 0 aliphatic carbocycles. The number of esters is 1. The monoisotopic (exact) mass is 263 g/mol. The van der Waals surface area contributed by atoms with E-state index in [4.69, 9.17) is 16.3 Å². The van der Waals surface area contributed by atoms with E-state index < -0.39 is 0 Å². The summed E-state index contributed by atoms with van der Waals surface area (Å²) in [4.78, 5) is 11.5. The standard InChI is InChI=1S/C14H14ClNO2/c1-3-18-14(17)10(2)9-16-8-7-11-5-4-6-12(15)13(11)16/h4-8H,2-3,9H2,1H3. The van der Waals surface area contributed by atoms with Crippen molar-refractivity contribution in [1.29, 1.82) is 0 Å². The highest BCUT2D eigenvalue weighted by Gasteiger charge is 2.11. The van der Waals surface area contributed by atoms with Crippen LogP contribution in [0.2, 0.25) is 5.02 Å². The molecule has 18 heavy (non-hydrogen) atoms. The summed E-state index contributed by atoms with van der Waals surface area (Å²) in [5, 5.41) is 1.70. The van der Waals surface area contributed by atoms with Crippen LogP contribution >= 0.6 is 11.6 Å². The van der Waals surface area contributed by atoms with Gasteiger partial charge >= 0.3 is 5.97 Å². The number of aromatic nitrogens is 1. The normalized spacial score (nSPS) is 10.6. The molecule has 0 saturated carbocycles. The van der Waals surface area contributed by atoms with E-state index in [1.807, 2.05) is 35.0 Å². The van der Waals surface area contributed by atoms with Gasteiger partial charge in [-0.05, 0) is 19.1 Å². The van der Waals surface area contributed by atoms with Gasteiger partial charge in [-0.2, -0.15) is 0 Å². The number of halogens is 1. The van der Waals surface area contributed by atoms with Crippen LogP contribution in [-0.2, 0) is 16.1 Å². The first-order valence-electron chi connectivity index (χ1n) is 5.71. The second kappa shape index (κ2) is 5.27. The quantitative estimate of drug-likeness (QED) is 0.625. The Hall–Kier alpha value is -1.74. The Morgan fingerprint density at radius 1 is 1.44 bits per heavy atom. The molecule has 2 rings (SSSR count). The Balaban J connectivity index is 2.27. The van der Waals surface area contributed by atoms with E-state index in [0.717, 1.165) is 10.9 Å². The third-order valence-corrected chi connectivity index (χ3v) is 2.97. The number of carbonyl (C=O) groups excluding carboxylic acids is 1. The fraction of sp³-hybridized carbons (Fsp3) is 0.214. The number of benzene rings is 1. The zero-order chi connectivity index (χ0) is 13.1. The Morgan fingerprint density at radius 3 is 2.94 bits per heavy atom. The predicted octanol–water partition coefficient (Wildman–Crippen LogP) is 3.41. The summed E-state index contributed by atoms with van der Waals surface area (Å²) in [5.41, 5.74) is 1.32. The molecule has 0 saturated heterocycles. The first kappa shape index (κ1) is 12.7. The molecule has 0 N–H and O–H groups in total. The van der Waals surface area contributed by atoms with E-state index in [1.54, 1.807) is 6.92 Å². The molecule has 0 atom stereocenters. The Labute approximate surface area is 111 Å². The van der Waals surface area contributed by atoms with E-state index in [-0.39, 0.29) is 5.97 Å². The minimum atomic E-state index is -0.369. The summed E-state index contributed by atoms with van der Waals surface area (Å²) in [6, 6.07) is 7.66. The molecular formula is C14H14ClNO2. The van der Waals surface area contributed by atoms with Crippen molar-refractivity contribution in [3.63, 3.8) is 0 Å². The van der Waals surface area contributed by atoms with Crippen LogP contribution in [0.3, 0.4) is 0 Å².